The molecule has 0 saturated heterocycles. The summed E-state index contributed by atoms with van der Waals surface area (Å²) in [5.41, 5.74) is 2.38. The summed E-state index contributed by atoms with van der Waals surface area (Å²) in [5, 5.41) is 2.70. The normalized spacial score (nSPS) is 10.8. The van der Waals surface area contributed by atoms with Gasteiger partial charge in [0, 0.05) is 11.3 Å². The molecular formula is C17H11N3O4. The van der Waals surface area contributed by atoms with Crippen LogP contribution in [0, 0.1) is 0 Å². The number of anilines is 1. The van der Waals surface area contributed by atoms with Crippen LogP contribution in [0.4, 0.5) is 5.69 Å². The Morgan fingerprint density at radius 3 is 2.79 bits per heavy atom. The molecule has 0 unspecified atom stereocenters. The Morgan fingerprint density at radius 1 is 1.12 bits per heavy atom. The zero-order valence-electron chi connectivity index (χ0n) is 12.3. The number of aromatic amines is 1. The van der Waals surface area contributed by atoms with E-state index in [-0.39, 0.29) is 5.69 Å². The molecule has 2 aromatic carbocycles. The smallest absolute Gasteiger partial charge is 0.417 e. The summed E-state index contributed by atoms with van der Waals surface area (Å²) >= 11 is 0. The lowest BCUT2D eigenvalue weighted by Crippen LogP contribution is -2.12. The molecule has 0 spiro atoms. The van der Waals surface area contributed by atoms with E-state index in [1.807, 2.05) is 30.3 Å². The highest BCUT2D eigenvalue weighted by Crippen LogP contribution is 2.20. The maximum absolute atomic E-state index is 12.3. The van der Waals surface area contributed by atoms with Crippen molar-refractivity contribution in [2.24, 2.45) is 0 Å². The summed E-state index contributed by atoms with van der Waals surface area (Å²) < 4.78 is 10.3. The fraction of sp³-hybridized carbons (Fsp3) is 0. The molecule has 7 heteroatoms. The highest BCUT2D eigenvalue weighted by Gasteiger charge is 2.14. The summed E-state index contributed by atoms with van der Waals surface area (Å²) in [6.07, 6.45) is 1.30. The van der Waals surface area contributed by atoms with E-state index in [9.17, 15) is 9.59 Å². The topological polar surface area (TPSA) is 101 Å². The minimum atomic E-state index is -0.544. The lowest BCUT2D eigenvalue weighted by atomic mass is 10.2. The molecule has 0 aliphatic carbocycles. The number of fused-ring (bicyclic) bond motifs is 1. The second kappa shape index (κ2) is 5.54. The third-order valence-corrected chi connectivity index (χ3v) is 3.43. The molecule has 0 fully saturated rings. The first-order chi connectivity index (χ1) is 11.7. The number of oxazole rings is 2. The van der Waals surface area contributed by atoms with Gasteiger partial charge >= 0.3 is 5.76 Å². The summed E-state index contributed by atoms with van der Waals surface area (Å²) in [5.74, 6) is -0.584. The molecule has 0 radical (unpaired) electrons. The molecule has 0 atom stereocenters. The van der Waals surface area contributed by atoms with Gasteiger partial charge in [-0.3, -0.25) is 9.78 Å². The van der Waals surface area contributed by atoms with E-state index in [1.165, 1.54) is 6.26 Å². The van der Waals surface area contributed by atoms with Crippen LogP contribution in [0.25, 0.3) is 22.6 Å². The number of carbonyl (C=O) groups is 1. The van der Waals surface area contributed by atoms with Crippen LogP contribution in [0.1, 0.15) is 10.5 Å². The van der Waals surface area contributed by atoms with Crippen LogP contribution >= 0.6 is 0 Å². The van der Waals surface area contributed by atoms with Gasteiger partial charge in [0.1, 0.15) is 6.26 Å². The molecule has 0 bridgehead atoms. The minimum absolute atomic E-state index is 0.162. The van der Waals surface area contributed by atoms with Crippen molar-refractivity contribution in [2.45, 2.75) is 0 Å². The zero-order valence-corrected chi connectivity index (χ0v) is 12.3. The lowest BCUT2D eigenvalue weighted by Gasteiger charge is -2.02. The van der Waals surface area contributed by atoms with E-state index >= 15 is 0 Å². The van der Waals surface area contributed by atoms with Crippen molar-refractivity contribution in [1.82, 2.24) is 9.97 Å². The Hall–Kier alpha value is -3.61. The number of aromatic nitrogens is 2. The van der Waals surface area contributed by atoms with Crippen molar-refractivity contribution in [1.29, 1.82) is 0 Å². The number of nitrogens with zero attached hydrogens (tertiary/aromatic N) is 1. The number of nitrogens with one attached hydrogen (secondary N) is 2. The average Bonchev–Trinajstić information content (AvgIpc) is 3.21. The predicted octanol–water partition coefficient (Wildman–Crippen LogP) is 3.03. The van der Waals surface area contributed by atoms with Gasteiger partial charge in [-0.2, -0.15) is 0 Å². The molecule has 0 aliphatic heterocycles. The average molecular weight is 321 g/mol. The Labute approximate surface area is 134 Å². The third-order valence-electron chi connectivity index (χ3n) is 3.43. The van der Waals surface area contributed by atoms with Gasteiger partial charge in [-0.15, -0.1) is 0 Å². The van der Waals surface area contributed by atoms with E-state index < -0.39 is 11.7 Å². The summed E-state index contributed by atoms with van der Waals surface area (Å²) in [6, 6.07) is 14.1. The Balaban J connectivity index is 1.57. The van der Waals surface area contributed by atoms with Crippen molar-refractivity contribution in [3.05, 3.63) is 71.0 Å². The molecule has 2 N–H and O–H groups in total. The van der Waals surface area contributed by atoms with Crippen molar-refractivity contribution < 1.29 is 13.6 Å². The molecular weight excluding hydrogens is 310 g/mol. The number of benzene rings is 2. The molecule has 1 amide bonds. The van der Waals surface area contributed by atoms with Crippen LogP contribution in [0.5, 0.6) is 0 Å². The van der Waals surface area contributed by atoms with Gasteiger partial charge in [-0.25, -0.2) is 9.78 Å². The van der Waals surface area contributed by atoms with Crippen molar-refractivity contribution in [2.75, 3.05) is 5.32 Å². The van der Waals surface area contributed by atoms with Gasteiger partial charge in [-0.05, 0) is 30.3 Å². The molecule has 0 aliphatic rings. The van der Waals surface area contributed by atoms with Crippen LogP contribution in [0.2, 0.25) is 0 Å². The fourth-order valence-electron chi connectivity index (χ4n) is 2.32. The highest BCUT2D eigenvalue weighted by atomic mass is 16.4. The van der Waals surface area contributed by atoms with Crippen LogP contribution in [-0.2, 0) is 0 Å². The van der Waals surface area contributed by atoms with Crippen molar-refractivity contribution >= 4 is 22.7 Å². The molecule has 7 nitrogen and oxygen atoms in total. The van der Waals surface area contributed by atoms with Crippen LogP contribution in [0.15, 0.2) is 68.4 Å². The molecule has 24 heavy (non-hydrogen) atoms. The lowest BCUT2D eigenvalue weighted by molar-refractivity contribution is 0.102. The maximum atomic E-state index is 12.3. The monoisotopic (exact) mass is 321 g/mol. The highest BCUT2D eigenvalue weighted by molar-refractivity contribution is 6.03. The van der Waals surface area contributed by atoms with E-state index in [0.29, 0.717) is 22.7 Å². The van der Waals surface area contributed by atoms with Crippen molar-refractivity contribution in [3.8, 4) is 11.5 Å². The van der Waals surface area contributed by atoms with E-state index in [2.05, 4.69) is 15.3 Å². The van der Waals surface area contributed by atoms with Gasteiger partial charge in [0.05, 0.1) is 5.52 Å². The molecule has 4 aromatic rings. The van der Waals surface area contributed by atoms with Crippen LogP contribution in [0.3, 0.4) is 0 Å². The zero-order chi connectivity index (χ0) is 16.5. The molecule has 118 valence electrons. The Bertz CT molecular complexity index is 1080. The second-order valence-corrected chi connectivity index (χ2v) is 5.08. The number of hydrogen-bond acceptors (Lipinski definition) is 5. The molecule has 4 rings (SSSR count). The standard InChI is InChI=1S/C17H11N3O4/c21-15(13-9-23-16(19-13)10-4-2-1-3-5-10)18-11-6-7-14-12(8-11)20-17(22)24-14/h1-9H,(H,18,21)(H,20,22). The molecule has 0 saturated carbocycles. The van der Waals surface area contributed by atoms with E-state index in [0.717, 1.165) is 5.56 Å². The molecule has 2 heterocycles. The predicted molar refractivity (Wildman–Crippen MR) is 86.7 cm³/mol. The van der Waals surface area contributed by atoms with Gasteiger partial charge in [0.25, 0.3) is 5.91 Å². The maximum Gasteiger partial charge on any atom is 0.417 e. The van der Waals surface area contributed by atoms with Gasteiger partial charge in [0.15, 0.2) is 11.3 Å². The summed E-state index contributed by atoms with van der Waals surface area (Å²) in [7, 11) is 0. The number of hydrogen-bond donors (Lipinski definition) is 2. The number of H-pyrrole nitrogens is 1. The second-order valence-electron chi connectivity index (χ2n) is 5.08. The fourth-order valence-corrected chi connectivity index (χ4v) is 2.32. The van der Waals surface area contributed by atoms with Gasteiger partial charge < -0.3 is 14.2 Å². The molecule has 2 aromatic heterocycles. The third kappa shape index (κ3) is 2.58. The first-order valence-corrected chi connectivity index (χ1v) is 7.14. The van der Waals surface area contributed by atoms with Gasteiger partial charge in [0.2, 0.25) is 5.89 Å². The summed E-state index contributed by atoms with van der Waals surface area (Å²) in [4.78, 5) is 30.1. The number of amides is 1. The minimum Gasteiger partial charge on any atom is -0.444 e. The van der Waals surface area contributed by atoms with E-state index in [1.54, 1.807) is 18.2 Å². The Kier molecular flexibility index (Phi) is 3.24. The Morgan fingerprint density at radius 2 is 1.96 bits per heavy atom. The number of rotatable bonds is 3. The SMILES string of the molecule is O=C(Nc1ccc2oc(=O)[nH]c2c1)c1coc(-c2ccccc2)n1. The quantitative estimate of drug-likeness (QED) is 0.604. The summed E-state index contributed by atoms with van der Waals surface area (Å²) in [6.45, 7) is 0. The number of carbonyl (C=O) groups excluding carboxylic acids is 1. The largest absolute Gasteiger partial charge is 0.444 e. The van der Waals surface area contributed by atoms with Crippen LogP contribution in [-0.4, -0.2) is 15.9 Å². The first kappa shape index (κ1) is 14.0. The van der Waals surface area contributed by atoms with E-state index in [4.69, 9.17) is 8.83 Å². The van der Waals surface area contributed by atoms with Crippen LogP contribution < -0.4 is 11.1 Å². The van der Waals surface area contributed by atoms with Crippen molar-refractivity contribution in [3.63, 3.8) is 0 Å². The van der Waals surface area contributed by atoms with Gasteiger partial charge in [-0.1, -0.05) is 18.2 Å². The first-order valence-electron chi connectivity index (χ1n) is 7.14.